The van der Waals surface area contributed by atoms with Gasteiger partial charge in [0.15, 0.2) is 0 Å². The highest BCUT2D eigenvalue weighted by Gasteiger charge is 2.19. The highest BCUT2D eigenvalue weighted by Crippen LogP contribution is 2.34. The lowest BCUT2D eigenvalue weighted by molar-refractivity contribution is -0.109. The lowest BCUT2D eigenvalue weighted by Gasteiger charge is -2.24. The van der Waals surface area contributed by atoms with E-state index in [0.717, 1.165) is 17.9 Å². The van der Waals surface area contributed by atoms with Crippen molar-refractivity contribution in [2.24, 2.45) is 5.92 Å². The largest absolute Gasteiger partial charge is 0.383 e. The molecule has 0 saturated heterocycles. The smallest absolute Gasteiger partial charge is 0.206 e. The molecular weight excluding hydrogens is 472 g/mol. The molecule has 0 radical (unpaired) electrons. The zero-order valence-electron chi connectivity index (χ0n) is 24.4. The van der Waals surface area contributed by atoms with Gasteiger partial charge in [-0.1, -0.05) is 103 Å². The topological polar surface area (TPSA) is 41.1 Å². The van der Waals surface area contributed by atoms with Crippen molar-refractivity contribution in [3.8, 4) is 0 Å². The zero-order valence-corrected chi connectivity index (χ0v) is 25.3. The molecule has 3 aromatic rings. The minimum atomic E-state index is 0.165. The van der Waals surface area contributed by atoms with Gasteiger partial charge in [0.05, 0.1) is 0 Å². The van der Waals surface area contributed by atoms with Gasteiger partial charge >= 0.3 is 0 Å². The summed E-state index contributed by atoms with van der Waals surface area (Å²) in [6, 6.07) is 22.4. The molecule has 0 aliphatic rings. The van der Waals surface area contributed by atoms with Crippen LogP contribution in [0.3, 0.4) is 0 Å². The molecule has 3 rings (SSSR count). The van der Waals surface area contributed by atoms with Crippen molar-refractivity contribution >= 4 is 34.6 Å². The maximum atomic E-state index is 9.06. The summed E-state index contributed by atoms with van der Waals surface area (Å²) in [5.74, 6) is 1.66. The summed E-state index contributed by atoms with van der Waals surface area (Å²) in [6.45, 7) is 22.0. The highest BCUT2D eigenvalue weighted by atomic mass is 32.2. The minimum absolute atomic E-state index is 0.165. The van der Waals surface area contributed by atoms with Crippen LogP contribution in [0.4, 0.5) is 0 Å². The summed E-state index contributed by atoms with van der Waals surface area (Å²) >= 11 is 1.99. The first-order valence-electron chi connectivity index (χ1n) is 13.4. The Morgan fingerprint density at radius 1 is 0.973 bits per heavy atom. The van der Waals surface area contributed by atoms with E-state index in [1.807, 2.05) is 25.6 Å². The molecule has 0 aliphatic carbocycles. The van der Waals surface area contributed by atoms with Crippen LogP contribution in [-0.2, 0) is 16.6 Å². The molecule has 0 bridgehead atoms. The first-order chi connectivity index (χ1) is 17.6. The van der Waals surface area contributed by atoms with Crippen LogP contribution >= 0.6 is 11.8 Å². The molecule has 0 aliphatic heterocycles. The van der Waals surface area contributed by atoms with Crippen LogP contribution < -0.4 is 10.6 Å². The average Bonchev–Trinajstić information content (AvgIpc) is 2.87. The van der Waals surface area contributed by atoms with Gasteiger partial charge in [-0.2, -0.15) is 0 Å². The number of benzene rings is 3. The third-order valence-corrected chi connectivity index (χ3v) is 7.09. The molecule has 1 atom stereocenters. The Morgan fingerprint density at radius 2 is 1.57 bits per heavy atom. The molecule has 0 spiro atoms. The van der Waals surface area contributed by atoms with Gasteiger partial charge in [0, 0.05) is 35.0 Å². The average molecular weight is 521 g/mol. The standard InChI is InChI=1S/C29H37NS.C2H5NO.C2H6/c1-20(2)30-22(4)28-24(17-16-23-12-8-9-13-25(23)28)18-21(3)19-31-27-15-11-10-14-26(27)29(5,6)7;1-3-2-4;1-2/h8-17,20-21,30H,4,18-19H2,1-3,5-7H3;2H,1H3,(H,3,4);1-2H3. The van der Waals surface area contributed by atoms with Crippen LogP contribution in [0.25, 0.3) is 16.5 Å². The molecule has 1 unspecified atom stereocenters. The van der Waals surface area contributed by atoms with Crippen molar-refractivity contribution in [3.63, 3.8) is 0 Å². The van der Waals surface area contributed by atoms with Crippen molar-refractivity contribution in [1.82, 2.24) is 10.6 Å². The summed E-state index contributed by atoms with van der Waals surface area (Å²) in [4.78, 5) is 10.5. The van der Waals surface area contributed by atoms with Crippen LogP contribution in [-0.4, -0.2) is 25.3 Å². The Labute approximate surface area is 230 Å². The van der Waals surface area contributed by atoms with E-state index in [9.17, 15) is 0 Å². The van der Waals surface area contributed by atoms with Gasteiger partial charge in [-0.25, -0.2) is 0 Å². The van der Waals surface area contributed by atoms with Gasteiger partial charge in [0.1, 0.15) is 0 Å². The summed E-state index contributed by atoms with van der Waals surface area (Å²) < 4.78 is 0. The summed E-state index contributed by atoms with van der Waals surface area (Å²) in [7, 11) is 1.56. The minimum Gasteiger partial charge on any atom is -0.383 e. The molecule has 4 heteroatoms. The van der Waals surface area contributed by atoms with E-state index in [1.165, 1.54) is 32.4 Å². The molecule has 1 amide bonds. The Hall–Kier alpha value is -2.72. The highest BCUT2D eigenvalue weighted by molar-refractivity contribution is 7.99. The van der Waals surface area contributed by atoms with E-state index in [1.54, 1.807) is 7.05 Å². The summed E-state index contributed by atoms with van der Waals surface area (Å²) in [6.07, 6.45) is 1.67. The Kier molecular flexibility index (Phi) is 14.1. The van der Waals surface area contributed by atoms with Crippen molar-refractivity contribution < 1.29 is 4.79 Å². The number of fused-ring (bicyclic) bond motifs is 1. The van der Waals surface area contributed by atoms with Gasteiger partial charge < -0.3 is 10.6 Å². The van der Waals surface area contributed by atoms with Crippen molar-refractivity contribution in [3.05, 3.63) is 83.9 Å². The van der Waals surface area contributed by atoms with Gasteiger partial charge in [0.25, 0.3) is 0 Å². The predicted octanol–water partition coefficient (Wildman–Crippen LogP) is 8.47. The zero-order chi connectivity index (χ0) is 28.0. The number of hydrogen-bond acceptors (Lipinski definition) is 3. The number of rotatable bonds is 9. The second-order valence-electron chi connectivity index (χ2n) is 10.4. The van der Waals surface area contributed by atoms with Crippen LogP contribution in [0.15, 0.2) is 72.1 Å². The molecule has 0 heterocycles. The monoisotopic (exact) mass is 520 g/mol. The van der Waals surface area contributed by atoms with Gasteiger partial charge in [0.2, 0.25) is 6.41 Å². The number of nitrogens with one attached hydrogen (secondary N) is 2. The fraction of sp³-hybridized carbons (Fsp3) is 0.424. The molecule has 0 fully saturated rings. The van der Waals surface area contributed by atoms with Crippen LogP contribution in [0.5, 0.6) is 0 Å². The van der Waals surface area contributed by atoms with Crippen molar-refractivity contribution in [2.75, 3.05) is 12.8 Å². The molecule has 2 N–H and O–H groups in total. The van der Waals surface area contributed by atoms with Crippen LogP contribution in [0, 0.1) is 5.92 Å². The van der Waals surface area contributed by atoms with Gasteiger partial charge in [-0.3, -0.25) is 4.79 Å². The lowest BCUT2D eigenvalue weighted by atomic mass is 9.87. The van der Waals surface area contributed by atoms with E-state index in [0.29, 0.717) is 18.4 Å². The normalized spacial score (nSPS) is 11.5. The molecule has 0 saturated carbocycles. The second kappa shape index (κ2) is 16.2. The first-order valence-corrected chi connectivity index (χ1v) is 14.4. The SMILES string of the molecule is C=C(NC(C)C)c1c(CC(C)CSc2ccccc2C(C)(C)C)ccc2ccccc12.CC.CNC=O. The number of carbonyl (C=O) groups excluding carboxylic acids is 1. The second-order valence-corrected chi connectivity index (χ2v) is 11.4. The summed E-state index contributed by atoms with van der Waals surface area (Å²) in [5.41, 5.74) is 5.29. The lowest BCUT2D eigenvalue weighted by Crippen LogP contribution is -2.21. The van der Waals surface area contributed by atoms with E-state index in [2.05, 4.69) is 119 Å². The predicted molar refractivity (Wildman–Crippen MR) is 166 cm³/mol. The van der Waals surface area contributed by atoms with Crippen molar-refractivity contribution in [2.45, 2.75) is 78.2 Å². The number of amides is 1. The third kappa shape index (κ3) is 10.3. The third-order valence-electron chi connectivity index (χ3n) is 5.68. The van der Waals surface area contributed by atoms with Gasteiger partial charge in [-0.05, 0) is 59.6 Å². The van der Waals surface area contributed by atoms with E-state index in [-0.39, 0.29) is 5.41 Å². The Balaban J connectivity index is 0.00000104. The maximum absolute atomic E-state index is 9.06. The van der Waals surface area contributed by atoms with Gasteiger partial charge in [-0.15, -0.1) is 11.8 Å². The molecule has 3 aromatic carbocycles. The van der Waals surface area contributed by atoms with Crippen molar-refractivity contribution in [1.29, 1.82) is 0 Å². The van der Waals surface area contributed by atoms with E-state index in [4.69, 9.17) is 4.79 Å². The molecule has 0 aromatic heterocycles. The fourth-order valence-corrected chi connectivity index (χ4v) is 5.43. The fourth-order valence-electron chi connectivity index (χ4n) is 4.14. The summed E-state index contributed by atoms with van der Waals surface area (Å²) in [5, 5.41) is 8.36. The Morgan fingerprint density at radius 3 is 2.16 bits per heavy atom. The Bertz CT molecular complexity index is 1110. The number of carbonyl (C=O) groups is 1. The van der Waals surface area contributed by atoms with E-state index >= 15 is 0 Å². The van der Waals surface area contributed by atoms with Crippen LogP contribution in [0.1, 0.15) is 72.1 Å². The van der Waals surface area contributed by atoms with E-state index < -0.39 is 0 Å². The molecular formula is C33H48N2OS. The number of hydrogen-bond donors (Lipinski definition) is 2. The quantitative estimate of drug-likeness (QED) is 0.220. The van der Waals surface area contributed by atoms with Crippen LogP contribution in [0.2, 0.25) is 0 Å². The maximum Gasteiger partial charge on any atom is 0.206 e. The first kappa shape index (κ1) is 32.3. The molecule has 202 valence electrons. The number of thioether (sulfide) groups is 1. The molecule has 3 nitrogen and oxygen atoms in total. The molecule has 37 heavy (non-hydrogen) atoms.